The van der Waals surface area contributed by atoms with Gasteiger partial charge in [-0.2, -0.15) is 0 Å². The van der Waals surface area contributed by atoms with Gasteiger partial charge in [0.15, 0.2) is 0 Å². The minimum Gasteiger partial charge on any atom is -0.506 e. The number of halogens is 2. The van der Waals surface area contributed by atoms with E-state index in [1.165, 1.54) is 6.07 Å². The predicted molar refractivity (Wildman–Crippen MR) is 52.2 cm³/mol. The van der Waals surface area contributed by atoms with Crippen LogP contribution in [-0.4, -0.2) is 5.11 Å². The van der Waals surface area contributed by atoms with Crippen molar-refractivity contribution in [1.29, 1.82) is 0 Å². The van der Waals surface area contributed by atoms with Crippen LogP contribution in [-0.2, 0) is 0 Å². The predicted octanol–water partition coefficient (Wildman–Crippen LogP) is 3.82. The highest BCUT2D eigenvalue weighted by molar-refractivity contribution is 6.34. The molecule has 0 aliphatic rings. The molecule has 0 atom stereocenters. The van der Waals surface area contributed by atoms with E-state index in [1.807, 2.05) is 13.8 Å². The molecule has 0 aliphatic carbocycles. The fourth-order valence-corrected chi connectivity index (χ4v) is 1.54. The summed E-state index contributed by atoms with van der Waals surface area (Å²) in [7, 11) is 0. The van der Waals surface area contributed by atoms with Gasteiger partial charge in [-0.3, -0.25) is 0 Å². The van der Waals surface area contributed by atoms with Crippen molar-refractivity contribution in [1.82, 2.24) is 0 Å². The second kappa shape index (κ2) is 3.55. The third kappa shape index (κ3) is 1.85. The van der Waals surface area contributed by atoms with Crippen LogP contribution in [0.3, 0.4) is 0 Å². The summed E-state index contributed by atoms with van der Waals surface area (Å²) in [6.07, 6.45) is 0. The Hall–Kier alpha value is -0.400. The van der Waals surface area contributed by atoms with Crippen LogP contribution in [0.5, 0.6) is 5.75 Å². The van der Waals surface area contributed by atoms with Gasteiger partial charge < -0.3 is 5.11 Å². The average Bonchev–Trinajstić information content (AvgIpc) is 1.96. The van der Waals surface area contributed by atoms with Gasteiger partial charge in [0.1, 0.15) is 5.75 Å². The van der Waals surface area contributed by atoms with Crippen molar-refractivity contribution < 1.29 is 5.11 Å². The molecule has 1 aromatic rings. The van der Waals surface area contributed by atoms with Crippen LogP contribution in [0.4, 0.5) is 0 Å². The van der Waals surface area contributed by atoms with Crippen molar-refractivity contribution in [3.8, 4) is 5.75 Å². The van der Waals surface area contributed by atoms with Gasteiger partial charge in [-0.15, -0.1) is 0 Å². The summed E-state index contributed by atoms with van der Waals surface area (Å²) in [6, 6.07) is 3.17. The van der Waals surface area contributed by atoms with E-state index < -0.39 is 0 Å². The number of hydrogen-bond acceptors (Lipinski definition) is 1. The average molecular weight is 205 g/mol. The first-order chi connectivity index (χ1) is 5.52. The lowest BCUT2D eigenvalue weighted by Crippen LogP contribution is -1.88. The lowest BCUT2D eigenvalue weighted by Gasteiger charge is -2.08. The molecule has 0 fully saturated rings. The van der Waals surface area contributed by atoms with E-state index in [0.717, 1.165) is 5.56 Å². The zero-order valence-electron chi connectivity index (χ0n) is 6.94. The van der Waals surface area contributed by atoms with Gasteiger partial charge in [-0.05, 0) is 17.5 Å². The molecule has 0 heterocycles. The number of phenolic OH excluding ortho intramolecular Hbond substituents is 1. The quantitative estimate of drug-likeness (QED) is 0.738. The van der Waals surface area contributed by atoms with Crippen LogP contribution in [0.2, 0.25) is 10.0 Å². The Kier molecular flexibility index (Phi) is 2.86. The lowest BCUT2D eigenvalue weighted by atomic mass is 10.0. The van der Waals surface area contributed by atoms with Crippen LogP contribution in [0.25, 0.3) is 0 Å². The fraction of sp³-hybridized carbons (Fsp3) is 0.333. The van der Waals surface area contributed by atoms with Gasteiger partial charge in [-0.25, -0.2) is 0 Å². The summed E-state index contributed by atoms with van der Waals surface area (Å²) in [4.78, 5) is 0. The summed E-state index contributed by atoms with van der Waals surface area (Å²) in [5.74, 6) is 0.349. The molecule has 0 aromatic heterocycles. The molecule has 0 unspecified atom stereocenters. The van der Waals surface area contributed by atoms with Crippen molar-refractivity contribution in [3.63, 3.8) is 0 Å². The third-order valence-electron chi connectivity index (χ3n) is 1.69. The SMILES string of the molecule is CC(C)c1cc(Cl)c(O)cc1Cl. The minimum absolute atomic E-state index is 0.0334. The zero-order chi connectivity index (χ0) is 9.30. The summed E-state index contributed by atoms with van der Waals surface area (Å²) >= 11 is 11.6. The number of hydrogen-bond donors (Lipinski definition) is 1. The topological polar surface area (TPSA) is 20.2 Å². The van der Waals surface area contributed by atoms with Gasteiger partial charge in [0.05, 0.1) is 5.02 Å². The lowest BCUT2D eigenvalue weighted by molar-refractivity contribution is 0.475. The number of phenols is 1. The molecule has 1 nitrogen and oxygen atoms in total. The highest BCUT2D eigenvalue weighted by Gasteiger charge is 2.08. The van der Waals surface area contributed by atoms with Gasteiger partial charge in [0.25, 0.3) is 0 Å². The summed E-state index contributed by atoms with van der Waals surface area (Å²) < 4.78 is 0. The first kappa shape index (κ1) is 9.69. The standard InChI is InChI=1S/C9H10Cl2O/c1-5(2)6-3-8(11)9(12)4-7(6)10/h3-5,12H,1-2H3. The Balaban J connectivity index is 3.23. The summed E-state index contributed by atoms with van der Waals surface area (Å²) in [5, 5.41) is 10.1. The van der Waals surface area contributed by atoms with Crippen LogP contribution in [0.1, 0.15) is 25.3 Å². The molecule has 0 saturated carbocycles. The van der Waals surface area contributed by atoms with Gasteiger partial charge in [0.2, 0.25) is 0 Å². The second-order valence-electron chi connectivity index (χ2n) is 2.98. The van der Waals surface area contributed by atoms with Crippen LogP contribution in [0, 0.1) is 0 Å². The maximum Gasteiger partial charge on any atom is 0.135 e. The molecule has 3 heteroatoms. The smallest absolute Gasteiger partial charge is 0.135 e. The molecule has 0 aliphatic heterocycles. The first-order valence-corrected chi connectivity index (χ1v) is 4.46. The Morgan fingerprint density at radius 1 is 1.17 bits per heavy atom. The Bertz CT molecular complexity index is 295. The highest BCUT2D eigenvalue weighted by Crippen LogP contribution is 2.33. The Morgan fingerprint density at radius 2 is 1.75 bits per heavy atom. The van der Waals surface area contributed by atoms with Gasteiger partial charge >= 0.3 is 0 Å². The number of aromatic hydroxyl groups is 1. The maximum atomic E-state index is 9.19. The molecule has 66 valence electrons. The Morgan fingerprint density at radius 3 is 2.25 bits per heavy atom. The molecule has 1 N–H and O–H groups in total. The van der Waals surface area contributed by atoms with Crippen molar-refractivity contribution in [2.24, 2.45) is 0 Å². The number of benzene rings is 1. The van der Waals surface area contributed by atoms with E-state index in [1.54, 1.807) is 6.07 Å². The summed E-state index contributed by atoms with van der Waals surface area (Å²) in [6.45, 7) is 4.04. The van der Waals surface area contributed by atoms with Crippen molar-refractivity contribution >= 4 is 23.2 Å². The minimum atomic E-state index is 0.0334. The molecular weight excluding hydrogens is 195 g/mol. The van der Waals surface area contributed by atoms with E-state index in [9.17, 15) is 5.11 Å². The van der Waals surface area contributed by atoms with E-state index >= 15 is 0 Å². The van der Waals surface area contributed by atoms with Crippen LogP contribution in [0.15, 0.2) is 12.1 Å². The van der Waals surface area contributed by atoms with Crippen molar-refractivity contribution in [3.05, 3.63) is 27.7 Å². The Labute approximate surface area is 81.9 Å². The van der Waals surface area contributed by atoms with Crippen molar-refractivity contribution in [2.45, 2.75) is 19.8 Å². The molecular formula is C9H10Cl2O. The highest BCUT2D eigenvalue weighted by atomic mass is 35.5. The number of rotatable bonds is 1. The molecule has 0 bridgehead atoms. The largest absolute Gasteiger partial charge is 0.506 e. The third-order valence-corrected chi connectivity index (χ3v) is 2.32. The zero-order valence-corrected chi connectivity index (χ0v) is 8.45. The van der Waals surface area contributed by atoms with E-state index in [0.29, 0.717) is 16.0 Å². The molecule has 1 rings (SSSR count). The van der Waals surface area contributed by atoms with E-state index in [4.69, 9.17) is 23.2 Å². The second-order valence-corrected chi connectivity index (χ2v) is 3.79. The van der Waals surface area contributed by atoms with Gasteiger partial charge in [0, 0.05) is 11.1 Å². The molecule has 0 spiro atoms. The first-order valence-electron chi connectivity index (χ1n) is 3.70. The molecule has 0 amide bonds. The maximum absolute atomic E-state index is 9.19. The van der Waals surface area contributed by atoms with E-state index in [2.05, 4.69) is 0 Å². The van der Waals surface area contributed by atoms with Gasteiger partial charge in [-0.1, -0.05) is 37.0 Å². The normalized spacial score (nSPS) is 10.8. The molecule has 0 saturated heterocycles. The summed E-state index contributed by atoms with van der Waals surface area (Å²) in [5.41, 5.74) is 0.958. The molecule has 12 heavy (non-hydrogen) atoms. The molecule has 0 radical (unpaired) electrons. The fourth-order valence-electron chi connectivity index (χ4n) is 0.994. The van der Waals surface area contributed by atoms with Crippen LogP contribution >= 0.6 is 23.2 Å². The van der Waals surface area contributed by atoms with E-state index in [-0.39, 0.29) is 5.75 Å². The van der Waals surface area contributed by atoms with Crippen LogP contribution < -0.4 is 0 Å². The monoisotopic (exact) mass is 204 g/mol. The molecule has 1 aromatic carbocycles. The van der Waals surface area contributed by atoms with Crippen molar-refractivity contribution in [2.75, 3.05) is 0 Å².